The second-order valence-electron chi connectivity index (χ2n) is 3.73. The van der Waals surface area contributed by atoms with Crippen LogP contribution in [0.2, 0.25) is 0 Å². The molecule has 0 aliphatic rings. The van der Waals surface area contributed by atoms with Crippen LogP contribution in [0.1, 0.15) is 5.69 Å². The van der Waals surface area contributed by atoms with Crippen molar-refractivity contribution in [2.24, 2.45) is 0 Å². The third kappa shape index (κ3) is 1.88. The SMILES string of the molecule is CN(C)C(=O)Cc1noc2ccc(F)cc12. The standard InChI is InChI=1S/C11H11FN2O2/c1-14(2)11(15)6-9-8-5-7(12)3-4-10(8)16-13-9/h3-5H,6H2,1-2H3. The van der Waals surface area contributed by atoms with Crippen molar-refractivity contribution in [1.82, 2.24) is 10.1 Å². The predicted molar refractivity (Wildman–Crippen MR) is 56.4 cm³/mol. The Morgan fingerprint density at radius 3 is 2.94 bits per heavy atom. The van der Waals surface area contributed by atoms with E-state index >= 15 is 0 Å². The Kier molecular flexibility index (Phi) is 2.60. The summed E-state index contributed by atoms with van der Waals surface area (Å²) in [7, 11) is 3.32. The lowest BCUT2D eigenvalue weighted by Gasteiger charge is -2.07. The summed E-state index contributed by atoms with van der Waals surface area (Å²) in [5.74, 6) is -0.464. The zero-order valence-corrected chi connectivity index (χ0v) is 9.03. The van der Waals surface area contributed by atoms with Crippen molar-refractivity contribution >= 4 is 16.9 Å². The average molecular weight is 222 g/mol. The Labute approximate surface area is 91.6 Å². The maximum absolute atomic E-state index is 13.0. The molecule has 0 saturated carbocycles. The first-order valence-corrected chi connectivity index (χ1v) is 4.82. The van der Waals surface area contributed by atoms with E-state index in [0.29, 0.717) is 16.7 Å². The van der Waals surface area contributed by atoms with Gasteiger partial charge in [-0.2, -0.15) is 0 Å². The number of carbonyl (C=O) groups excluding carboxylic acids is 1. The Balaban J connectivity index is 2.38. The molecule has 16 heavy (non-hydrogen) atoms. The van der Waals surface area contributed by atoms with Gasteiger partial charge in [0.1, 0.15) is 11.5 Å². The molecule has 0 radical (unpaired) electrons. The van der Waals surface area contributed by atoms with Gasteiger partial charge in [-0.3, -0.25) is 4.79 Å². The molecule has 1 heterocycles. The number of hydrogen-bond acceptors (Lipinski definition) is 3. The number of nitrogens with zero attached hydrogens (tertiary/aromatic N) is 2. The number of carbonyl (C=O) groups is 1. The molecule has 84 valence electrons. The molecule has 2 rings (SSSR count). The third-order valence-electron chi connectivity index (χ3n) is 2.32. The van der Waals surface area contributed by atoms with Crippen LogP contribution in [0.15, 0.2) is 22.7 Å². The van der Waals surface area contributed by atoms with Crippen LogP contribution < -0.4 is 0 Å². The lowest BCUT2D eigenvalue weighted by molar-refractivity contribution is -0.128. The van der Waals surface area contributed by atoms with Crippen molar-refractivity contribution in [1.29, 1.82) is 0 Å². The Hall–Kier alpha value is -1.91. The highest BCUT2D eigenvalue weighted by Crippen LogP contribution is 2.20. The van der Waals surface area contributed by atoms with Crippen LogP contribution in [0, 0.1) is 5.82 Å². The molecular weight excluding hydrogens is 211 g/mol. The first-order valence-electron chi connectivity index (χ1n) is 4.82. The molecule has 0 aliphatic carbocycles. The number of fused-ring (bicyclic) bond motifs is 1. The van der Waals surface area contributed by atoms with E-state index in [1.54, 1.807) is 14.1 Å². The molecule has 0 saturated heterocycles. The van der Waals surface area contributed by atoms with Gasteiger partial charge in [0.2, 0.25) is 5.91 Å². The molecule has 4 nitrogen and oxygen atoms in total. The van der Waals surface area contributed by atoms with Gasteiger partial charge in [-0.15, -0.1) is 0 Å². The topological polar surface area (TPSA) is 46.3 Å². The summed E-state index contributed by atoms with van der Waals surface area (Å²) >= 11 is 0. The van der Waals surface area contributed by atoms with E-state index in [4.69, 9.17) is 4.52 Å². The summed E-state index contributed by atoms with van der Waals surface area (Å²) in [6.07, 6.45) is 0.115. The number of likely N-dealkylation sites (N-methyl/N-ethyl adjacent to an activating group) is 1. The number of aromatic nitrogens is 1. The highest BCUT2D eigenvalue weighted by atomic mass is 19.1. The van der Waals surface area contributed by atoms with Crippen LogP contribution >= 0.6 is 0 Å². The number of benzene rings is 1. The minimum absolute atomic E-state index is 0.0977. The fourth-order valence-corrected chi connectivity index (χ4v) is 1.39. The minimum Gasteiger partial charge on any atom is -0.356 e. The zero-order valence-electron chi connectivity index (χ0n) is 9.03. The van der Waals surface area contributed by atoms with E-state index in [2.05, 4.69) is 5.16 Å². The van der Waals surface area contributed by atoms with Crippen LogP contribution in [0.5, 0.6) is 0 Å². The summed E-state index contributed by atoms with van der Waals surface area (Å²) < 4.78 is 18.0. The molecule has 0 spiro atoms. The smallest absolute Gasteiger partial charge is 0.228 e. The quantitative estimate of drug-likeness (QED) is 0.775. The summed E-state index contributed by atoms with van der Waals surface area (Å²) in [5, 5.41) is 4.32. The molecular formula is C11H11FN2O2. The Bertz CT molecular complexity index is 534. The second kappa shape index (κ2) is 3.92. The molecule has 0 fully saturated rings. The fraction of sp³-hybridized carbons (Fsp3) is 0.273. The van der Waals surface area contributed by atoms with E-state index in [1.807, 2.05) is 0 Å². The van der Waals surface area contributed by atoms with Crippen LogP contribution in [-0.4, -0.2) is 30.1 Å². The van der Waals surface area contributed by atoms with Gasteiger partial charge in [-0.25, -0.2) is 4.39 Å². The van der Waals surface area contributed by atoms with E-state index in [0.717, 1.165) is 0 Å². The van der Waals surface area contributed by atoms with E-state index in [9.17, 15) is 9.18 Å². The number of hydrogen-bond donors (Lipinski definition) is 0. The molecule has 0 N–H and O–H groups in total. The van der Waals surface area contributed by atoms with Crippen molar-refractivity contribution in [2.45, 2.75) is 6.42 Å². The lowest BCUT2D eigenvalue weighted by Crippen LogP contribution is -2.23. The van der Waals surface area contributed by atoms with Crippen LogP contribution in [0.3, 0.4) is 0 Å². The fourth-order valence-electron chi connectivity index (χ4n) is 1.39. The first-order chi connectivity index (χ1) is 7.58. The normalized spacial score (nSPS) is 10.7. The van der Waals surface area contributed by atoms with Gasteiger partial charge >= 0.3 is 0 Å². The van der Waals surface area contributed by atoms with E-state index in [1.165, 1.54) is 23.1 Å². The largest absolute Gasteiger partial charge is 0.356 e. The number of amides is 1. The molecule has 1 amide bonds. The first kappa shape index (κ1) is 10.6. The number of halogens is 1. The third-order valence-corrected chi connectivity index (χ3v) is 2.32. The van der Waals surface area contributed by atoms with Crippen molar-refractivity contribution in [3.8, 4) is 0 Å². The van der Waals surface area contributed by atoms with Crippen LogP contribution in [0.4, 0.5) is 4.39 Å². The zero-order chi connectivity index (χ0) is 11.7. The molecule has 0 bridgehead atoms. The molecule has 5 heteroatoms. The summed E-state index contributed by atoms with van der Waals surface area (Å²) in [5.41, 5.74) is 0.955. The molecule has 0 unspecified atom stereocenters. The van der Waals surface area contributed by atoms with Crippen molar-refractivity contribution in [3.05, 3.63) is 29.7 Å². The van der Waals surface area contributed by atoms with E-state index < -0.39 is 0 Å². The Morgan fingerprint density at radius 1 is 1.50 bits per heavy atom. The van der Waals surface area contributed by atoms with Crippen LogP contribution in [-0.2, 0) is 11.2 Å². The average Bonchev–Trinajstić information content (AvgIpc) is 2.61. The van der Waals surface area contributed by atoms with Gasteiger partial charge in [0.15, 0.2) is 5.58 Å². The molecule has 1 aromatic heterocycles. The van der Waals surface area contributed by atoms with E-state index in [-0.39, 0.29) is 18.1 Å². The van der Waals surface area contributed by atoms with Gasteiger partial charge in [0.05, 0.1) is 6.42 Å². The van der Waals surface area contributed by atoms with Crippen LogP contribution in [0.25, 0.3) is 11.0 Å². The summed E-state index contributed by atoms with van der Waals surface area (Å²) in [6, 6.07) is 4.12. The minimum atomic E-state index is -0.366. The van der Waals surface area contributed by atoms with Gasteiger partial charge in [0, 0.05) is 19.5 Å². The molecule has 0 aliphatic heterocycles. The second-order valence-corrected chi connectivity index (χ2v) is 3.73. The molecule has 0 atom stereocenters. The van der Waals surface area contributed by atoms with Gasteiger partial charge < -0.3 is 9.42 Å². The summed E-state index contributed by atoms with van der Waals surface area (Å²) in [6.45, 7) is 0. The Morgan fingerprint density at radius 2 is 2.25 bits per heavy atom. The van der Waals surface area contributed by atoms with Gasteiger partial charge in [-0.05, 0) is 18.2 Å². The van der Waals surface area contributed by atoms with Crippen molar-refractivity contribution in [2.75, 3.05) is 14.1 Å². The van der Waals surface area contributed by atoms with Crippen molar-refractivity contribution in [3.63, 3.8) is 0 Å². The number of rotatable bonds is 2. The highest BCUT2D eigenvalue weighted by molar-refractivity contribution is 5.86. The summed E-state index contributed by atoms with van der Waals surface area (Å²) in [4.78, 5) is 12.9. The van der Waals surface area contributed by atoms with Crippen molar-refractivity contribution < 1.29 is 13.7 Å². The van der Waals surface area contributed by atoms with Gasteiger partial charge in [0.25, 0.3) is 0 Å². The maximum Gasteiger partial charge on any atom is 0.228 e. The lowest BCUT2D eigenvalue weighted by atomic mass is 10.1. The molecule has 2 aromatic rings. The predicted octanol–water partition coefficient (Wildman–Crippen LogP) is 1.60. The highest BCUT2D eigenvalue weighted by Gasteiger charge is 2.13. The van der Waals surface area contributed by atoms with Gasteiger partial charge in [-0.1, -0.05) is 5.16 Å². The molecule has 1 aromatic carbocycles. The maximum atomic E-state index is 13.0. The monoisotopic (exact) mass is 222 g/mol.